The predicted octanol–water partition coefficient (Wildman–Crippen LogP) is 5.49. The van der Waals surface area contributed by atoms with Crippen LogP contribution in [-0.4, -0.2) is 33.4 Å². The van der Waals surface area contributed by atoms with Crippen molar-refractivity contribution in [3.05, 3.63) is 66.0 Å². The summed E-state index contributed by atoms with van der Waals surface area (Å²) in [4.78, 5) is 18.8. The fraction of sp³-hybridized carbons (Fsp3) is 0.417. The van der Waals surface area contributed by atoms with Crippen LogP contribution in [0, 0.1) is 5.92 Å². The van der Waals surface area contributed by atoms with Gasteiger partial charge in [-0.2, -0.15) is 13.2 Å². The van der Waals surface area contributed by atoms with Gasteiger partial charge in [0.15, 0.2) is 0 Å². The Morgan fingerprint density at radius 1 is 1.06 bits per heavy atom. The van der Waals surface area contributed by atoms with E-state index in [0.717, 1.165) is 12.0 Å². The van der Waals surface area contributed by atoms with E-state index in [1.54, 1.807) is 24.3 Å². The zero-order valence-electron chi connectivity index (χ0n) is 17.5. The Morgan fingerprint density at radius 2 is 1.71 bits per heavy atom. The van der Waals surface area contributed by atoms with Crippen molar-refractivity contribution in [2.75, 3.05) is 13.1 Å². The minimum atomic E-state index is -4.50. The molecule has 0 radical (unpaired) electrons. The number of aromatic nitrogens is 2. The molecule has 1 atom stereocenters. The second-order valence-electron chi connectivity index (χ2n) is 8.17. The molecular weight excluding hydrogens is 403 g/mol. The summed E-state index contributed by atoms with van der Waals surface area (Å²) in [6.45, 7) is 3.40. The molecule has 2 heterocycles. The summed E-state index contributed by atoms with van der Waals surface area (Å²) >= 11 is 0. The number of carbonyl (C=O) groups is 1. The molecule has 0 spiro atoms. The number of fused-ring (bicyclic) bond motifs is 1. The number of halogens is 3. The van der Waals surface area contributed by atoms with Crippen molar-refractivity contribution in [1.29, 1.82) is 0 Å². The third kappa shape index (κ3) is 4.45. The Balaban J connectivity index is 1.46. The van der Waals surface area contributed by atoms with Gasteiger partial charge in [-0.05, 0) is 42.9 Å². The van der Waals surface area contributed by atoms with Gasteiger partial charge in [0.2, 0.25) is 11.7 Å². The van der Waals surface area contributed by atoms with E-state index in [-0.39, 0.29) is 24.3 Å². The lowest BCUT2D eigenvalue weighted by Gasteiger charge is -2.34. The predicted molar refractivity (Wildman–Crippen MR) is 114 cm³/mol. The molecule has 3 aromatic rings. The van der Waals surface area contributed by atoms with E-state index in [4.69, 9.17) is 0 Å². The second-order valence-corrected chi connectivity index (χ2v) is 8.17. The van der Waals surface area contributed by atoms with Crippen molar-refractivity contribution < 1.29 is 18.0 Å². The first-order valence-corrected chi connectivity index (χ1v) is 10.7. The average Bonchev–Trinajstić information content (AvgIpc) is 3.14. The lowest BCUT2D eigenvalue weighted by molar-refractivity contribution is -0.147. The number of alkyl halides is 3. The molecule has 1 amide bonds. The van der Waals surface area contributed by atoms with Crippen molar-refractivity contribution in [2.45, 2.75) is 44.8 Å². The summed E-state index contributed by atoms with van der Waals surface area (Å²) in [5.74, 6) is -0.842. The van der Waals surface area contributed by atoms with E-state index in [1.165, 1.54) is 4.57 Å². The van der Waals surface area contributed by atoms with E-state index < -0.39 is 12.0 Å². The monoisotopic (exact) mass is 429 g/mol. The van der Waals surface area contributed by atoms with E-state index in [2.05, 4.69) is 4.98 Å². The van der Waals surface area contributed by atoms with Crippen LogP contribution in [0.1, 0.15) is 43.5 Å². The molecule has 0 aliphatic carbocycles. The third-order valence-electron chi connectivity index (χ3n) is 6.18. The van der Waals surface area contributed by atoms with Crippen LogP contribution < -0.4 is 0 Å². The summed E-state index contributed by atoms with van der Waals surface area (Å²) in [5.41, 5.74) is 1.87. The highest BCUT2D eigenvalue weighted by Gasteiger charge is 2.38. The van der Waals surface area contributed by atoms with Gasteiger partial charge in [-0.15, -0.1) is 0 Å². The SMILES string of the molecule is CCC(C(=O)N1CCC(Cn2c(C(F)(F)F)nc3ccccc32)CC1)c1ccccc1. The lowest BCUT2D eigenvalue weighted by Crippen LogP contribution is -2.41. The van der Waals surface area contributed by atoms with Crippen LogP contribution in [0.2, 0.25) is 0 Å². The molecule has 0 saturated carbocycles. The van der Waals surface area contributed by atoms with Gasteiger partial charge in [-0.3, -0.25) is 4.79 Å². The maximum atomic E-state index is 13.6. The molecule has 164 valence electrons. The number of likely N-dealkylation sites (tertiary alicyclic amines) is 1. The number of rotatable bonds is 5. The van der Waals surface area contributed by atoms with Crippen LogP contribution >= 0.6 is 0 Å². The minimum Gasteiger partial charge on any atom is -0.342 e. The Labute approximate surface area is 179 Å². The van der Waals surface area contributed by atoms with Gasteiger partial charge in [0, 0.05) is 19.6 Å². The third-order valence-corrected chi connectivity index (χ3v) is 6.18. The summed E-state index contributed by atoms with van der Waals surface area (Å²) in [7, 11) is 0. The summed E-state index contributed by atoms with van der Waals surface area (Å²) < 4.78 is 42.0. The van der Waals surface area contributed by atoms with Crippen molar-refractivity contribution in [3.63, 3.8) is 0 Å². The molecule has 1 saturated heterocycles. The largest absolute Gasteiger partial charge is 0.449 e. The standard InChI is InChI=1S/C24H26F3N3O/c1-2-19(18-8-4-3-5-9-18)22(31)29-14-12-17(13-15-29)16-30-21-11-7-6-10-20(21)28-23(30)24(25,26)27/h3-11,17,19H,2,12-16H2,1H3. The van der Waals surface area contributed by atoms with E-state index >= 15 is 0 Å². The molecule has 4 rings (SSSR count). The van der Waals surface area contributed by atoms with Gasteiger partial charge in [0.05, 0.1) is 17.0 Å². The van der Waals surface area contributed by atoms with Crippen molar-refractivity contribution in [3.8, 4) is 0 Å². The van der Waals surface area contributed by atoms with Crippen LogP contribution in [0.4, 0.5) is 13.2 Å². The second kappa shape index (κ2) is 8.73. The van der Waals surface area contributed by atoms with Crippen LogP contribution in [0.3, 0.4) is 0 Å². The summed E-state index contributed by atoms with van der Waals surface area (Å²) in [6, 6.07) is 16.5. The molecule has 1 aliphatic heterocycles. The smallest absolute Gasteiger partial charge is 0.342 e. The molecule has 0 N–H and O–H groups in total. The molecule has 1 unspecified atom stereocenters. The maximum Gasteiger partial charge on any atom is 0.449 e. The highest BCUT2D eigenvalue weighted by molar-refractivity contribution is 5.83. The number of hydrogen-bond donors (Lipinski definition) is 0. The quantitative estimate of drug-likeness (QED) is 0.538. The van der Waals surface area contributed by atoms with E-state index in [9.17, 15) is 18.0 Å². The molecule has 1 aliphatic rings. The fourth-order valence-electron chi connectivity index (χ4n) is 4.53. The maximum absolute atomic E-state index is 13.6. The van der Waals surface area contributed by atoms with Crippen LogP contribution in [0.15, 0.2) is 54.6 Å². The van der Waals surface area contributed by atoms with Crippen LogP contribution in [-0.2, 0) is 17.5 Å². The number of para-hydroxylation sites is 2. The Hall–Kier alpha value is -2.83. The topological polar surface area (TPSA) is 38.1 Å². The fourth-order valence-corrected chi connectivity index (χ4v) is 4.53. The first-order valence-electron chi connectivity index (χ1n) is 10.7. The molecule has 1 aromatic heterocycles. The number of piperidine rings is 1. The van der Waals surface area contributed by atoms with Gasteiger partial charge >= 0.3 is 6.18 Å². The summed E-state index contributed by atoms with van der Waals surface area (Å²) in [5, 5.41) is 0. The van der Waals surface area contributed by atoms with E-state index in [0.29, 0.717) is 37.0 Å². The lowest BCUT2D eigenvalue weighted by atomic mass is 9.92. The first kappa shape index (κ1) is 21.4. The van der Waals surface area contributed by atoms with Crippen molar-refractivity contribution in [1.82, 2.24) is 14.5 Å². The van der Waals surface area contributed by atoms with Crippen LogP contribution in [0.25, 0.3) is 11.0 Å². The van der Waals surface area contributed by atoms with Gasteiger partial charge < -0.3 is 9.47 Å². The van der Waals surface area contributed by atoms with Crippen molar-refractivity contribution in [2.24, 2.45) is 5.92 Å². The Morgan fingerprint density at radius 3 is 2.35 bits per heavy atom. The van der Waals surface area contributed by atoms with Crippen LogP contribution in [0.5, 0.6) is 0 Å². The minimum absolute atomic E-state index is 0.0690. The number of carbonyl (C=O) groups excluding carboxylic acids is 1. The summed E-state index contributed by atoms with van der Waals surface area (Å²) in [6.07, 6.45) is -2.42. The molecule has 2 aromatic carbocycles. The average molecular weight is 429 g/mol. The normalized spacial score (nSPS) is 16.6. The number of amides is 1. The molecule has 7 heteroatoms. The number of nitrogens with zero attached hydrogens (tertiary/aromatic N) is 3. The zero-order chi connectivity index (χ0) is 22.0. The molecule has 0 bridgehead atoms. The number of benzene rings is 2. The van der Waals surface area contributed by atoms with Gasteiger partial charge in [-0.1, -0.05) is 49.4 Å². The number of hydrogen-bond acceptors (Lipinski definition) is 2. The highest BCUT2D eigenvalue weighted by Crippen LogP contribution is 2.33. The Bertz CT molecular complexity index is 1040. The molecular formula is C24H26F3N3O. The van der Waals surface area contributed by atoms with E-state index in [1.807, 2.05) is 42.2 Å². The van der Waals surface area contributed by atoms with Gasteiger partial charge in [0.1, 0.15) is 0 Å². The molecule has 1 fully saturated rings. The highest BCUT2D eigenvalue weighted by atomic mass is 19.4. The zero-order valence-corrected chi connectivity index (χ0v) is 17.5. The van der Waals surface area contributed by atoms with Gasteiger partial charge in [0.25, 0.3) is 0 Å². The van der Waals surface area contributed by atoms with Gasteiger partial charge in [-0.25, -0.2) is 4.98 Å². The van der Waals surface area contributed by atoms with Crippen molar-refractivity contribution >= 4 is 16.9 Å². The first-order chi connectivity index (χ1) is 14.9. The number of imidazole rings is 1. The Kier molecular flexibility index (Phi) is 6.03. The molecule has 31 heavy (non-hydrogen) atoms. The molecule has 4 nitrogen and oxygen atoms in total.